The van der Waals surface area contributed by atoms with Crippen LogP contribution in [0, 0.1) is 0 Å². The summed E-state index contributed by atoms with van der Waals surface area (Å²) in [5, 5.41) is 0. The summed E-state index contributed by atoms with van der Waals surface area (Å²) in [6, 6.07) is 0. The first-order valence-electron chi connectivity index (χ1n) is 27.8. The first-order chi connectivity index (χ1) is 31.0. The topological polar surface area (TPSA) is 78.9 Å². The molecule has 0 radical (unpaired) electrons. The summed E-state index contributed by atoms with van der Waals surface area (Å²) in [6.45, 7) is 6.53. The Hall–Kier alpha value is -2.11. The third-order valence-corrected chi connectivity index (χ3v) is 12.5. The van der Waals surface area contributed by atoms with Crippen LogP contribution in [-0.2, 0) is 28.6 Å². The summed E-state index contributed by atoms with van der Waals surface area (Å²) < 4.78 is 16.6. The van der Waals surface area contributed by atoms with Gasteiger partial charge in [0, 0.05) is 19.3 Å². The van der Waals surface area contributed by atoms with Crippen molar-refractivity contribution in [3.63, 3.8) is 0 Å². The number of ether oxygens (including phenoxy) is 3. The van der Waals surface area contributed by atoms with Crippen molar-refractivity contribution in [2.45, 2.75) is 309 Å². The van der Waals surface area contributed by atoms with Crippen LogP contribution in [0.2, 0.25) is 0 Å². The standard InChI is InChI=1S/C57H106O6/c1-4-7-10-13-16-17-18-19-20-21-22-23-24-25-26-27-28-29-30-31-32-33-34-35-36-37-38-39-40-41-42-45-47-50-56(59)62-53-54(63-57(60)51-48-44-15-12-9-6-3)52-61-55(58)49-46-43-14-11-8-5-2/h18-19,21-22,54H,4-17,20,23-53H2,1-3H3/b19-18-,22-21-. The molecule has 0 aliphatic rings. The van der Waals surface area contributed by atoms with Gasteiger partial charge in [-0.2, -0.15) is 0 Å². The van der Waals surface area contributed by atoms with Crippen molar-refractivity contribution in [3.05, 3.63) is 24.3 Å². The molecule has 0 bridgehead atoms. The van der Waals surface area contributed by atoms with E-state index in [0.29, 0.717) is 19.3 Å². The zero-order valence-electron chi connectivity index (χ0n) is 42.4. The zero-order valence-corrected chi connectivity index (χ0v) is 42.4. The molecule has 370 valence electrons. The molecule has 1 unspecified atom stereocenters. The molecular formula is C57H106O6. The second-order valence-corrected chi connectivity index (χ2v) is 18.9. The quantitative estimate of drug-likeness (QED) is 0.0262. The Balaban J connectivity index is 3.74. The molecule has 0 aromatic rings. The highest BCUT2D eigenvalue weighted by Crippen LogP contribution is 2.17. The van der Waals surface area contributed by atoms with Gasteiger partial charge in [-0.1, -0.05) is 257 Å². The lowest BCUT2D eigenvalue weighted by molar-refractivity contribution is -0.167. The average molecular weight is 887 g/mol. The van der Waals surface area contributed by atoms with E-state index in [1.807, 2.05) is 0 Å². The third kappa shape index (κ3) is 50.7. The first-order valence-corrected chi connectivity index (χ1v) is 27.8. The lowest BCUT2D eigenvalue weighted by Gasteiger charge is -2.18. The molecule has 0 aliphatic heterocycles. The summed E-state index contributed by atoms with van der Waals surface area (Å²) in [7, 11) is 0. The minimum Gasteiger partial charge on any atom is -0.462 e. The minimum absolute atomic E-state index is 0.0669. The number of unbranched alkanes of at least 4 members (excludes halogenated alkanes) is 36. The minimum atomic E-state index is -0.759. The van der Waals surface area contributed by atoms with Crippen molar-refractivity contribution in [2.24, 2.45) is 0 Å². The summed E-state index contributed by atoms with van der Waals surface area (Å²) in [6.07, 6.45) is 61.2. The normalized spacial score (nSPS) is 12.1. The van der Waals surface area contributed by atoms with Gasteiger partial charge in [-0.3, -0.25) is 14.4 Å². The lowest BCUT2D eigenvalue weighted by Crippen LogP contribution is -2.30. The lowest BCUT2D eigenvalue weighted by atomic mass is 10.0. The van der Waals surface area contributed by atoms with Gasteiger partial charge in [0.15, 0.2) is 6.10 Å². The highest BCUT2D eigenvalue weighted by molar-refractivity contribution is 5.71. The van der Waals surface area contributed by atoms with Crippen molar-refractivity contribution in [1.29, 1.82) is 0 Å². The van der Waals surface area contributed by atoms with E-state index in [1.54, 1.807) is 0 Å². The molecule has 0 N–H and O–H groups in total. The van der Waals surface area contributed by atoms with Crippen LogP contribution in [0.3, 0.4) is 0 Å². The van der Waals surface area contributed by atoms with Crippen molar-refractivity contribution in [2.75, 3.05) is 13.2 Å². The number of esters is 3. The Morgan fingerprint density at radius 2 is 0.571 bits per heavy atom. The van der Waals surface area contributed by atoms with Crippen LogP contribution >= 0.6 is 0 Å². The van der Waals surface area contributed by atoms with Crippen LogP contribution in [-0.4, -0.2) is 37.2 Å². The maximum absolute atomic E-state index is 12.5. The van der Waals surface area contributed by atoms with E-state index in [1.165, 1.54) is 199 Å². The van der Waals surface area contributed by atoms with E-state index in [9.17, 15) is 14.4 Å². The maximum atomic E-state index is 12.5. The molecule has 1 atom stereocenters. The number of hydrogen-bond donors (Lipinski definition) is 0. The third-order valence-electron chi connectivity index (χ3n) is 12.5. The predicted octanol–water partition coefficient (Wildman–Crippen LogP) is 18.3. The Morgan fingerprint density at radius 1 is 0.317 bits per heavy atom. The predicted molar refractivity (Wildman–Crippen MR) is 270 cm³/mol. The highest BCUT2D eigenvalue weighted by Gasteiger charge is 2.19. The summed E-state index contributed by atoms with van der Waals surface area (Å²) in [5.74, 6) is -0.876. The number of rotatable bonds is 51. The summed E-state index contributed by atoms with van der Waals surface area (Å²) >= 11 is 0. The highest BCUT2D eigenvalue weighted by atomic mass is 16.6. The molecule has 0 heterocycles. The monoisotopic (exact) mass is 887 g/mol. The van der Waals surface area contributed by atoms with Crippen LogP contribution in [0.15, 0.2) is 24.3 Å². The van der Waals surface area contributed by atoms with Gasteiger partial charge in [0.05, 0.1) is 0 Å². The molecule has 0 rings (SSSR count). The molecule has 0 fully saturated rings. The van der Waals surface area contributed by atoms with Crippen molar-refractivity contribution in [3.8, 4) is 0 Å². The van der Waals surface area contributed by atoms with Crippen LogP contribution in [0.1, 0.15) is 303 Å². The molecule has 6 heteroatoms. The smallest absolute Gasteiger partial charge is 0.306 e. The van der Waals surface area contributed by atoms with Crippen molar-refractivity contribution in [1.82, 2.24) is 0 Å². The Morgan fingerprint density at radius 3 is 0.873 bits per heavy atom. The summed E-state index contributed by atoms with van der Waals surface area (Å²) in [5.41, 5.74) is 0. The fourth-order valence-corrected chi connectivity index (χ4v) is 8.24. The van der Waals surface area contributed by atoms with Gasteiger partial charge in [0.1, 0.15) is 13.2 Å². The largest absolute Gasteiger partial charge is 0.462 e. The van der Waals surface area contributed by atoms with Crippen molar-refractivity contribution < 1.29 is 28.6 Å². The fourth-order valence-electron chi connectivity index (χ4n) is 8.24. The van der Waals surface area contributed by atoms with Gasteiger partial charge in [0.2, 0.25) is 0 Å². The van der Waals surface area contributed by atoms with E-state index >= 15 is 0 Å². The van der Waals surface area contributed by atoms with Gasteiger partial charge < -0.3 is 14.2 Å². The van der Waals surface area contributed by atoms with Gasteiger partial charge >= 0.3 is 17.9 Å². The number of allylic oxidation sites excluding steroid dienone is 4. The second kappa shape index (κ2) is 52.5. The zero-order chi connectivity index (χ0) is 45.8. The van der Waals surface area contributed by atoms with Crippen LogP contribution in [0.5, 0.6) is 0 Å². The maximum Gasteiger partial charge on any atom is 0.306 e. The molecule has 0 aliphatic carbocycles. The Bertz CT molecular complexity index is 1020. The Kier molecular flexibility index (Phi) is 50.8. The van der Waals surface area contributed by atoms with E-state index in [-0.39, 0.29) is 31.1 Å². The van der Waals surface area contributed by atoms with E-state index < -0.39 is 6.10 Å². The Labute approximate surface area is 392 Å². The average Bonchev–Trinajstić information content (AvgIpc) is 3.28. The molecule has 6 nitrogen and oxygen atoms in total. The van der Waals surface area contributed by atoms with Gasteiger partial charge in [-0.25, -0.2) is 0 Å². The van der Waals surface area contributed by atoms with Crippen LogP contribution in [0.25, 0.3) is 0 Å². The van der Waals surface area contributed by atoms with Gasteiger partial charge in [-0.15, -0.1) is 0 Å². The van der Waals surface area contributed by atoms with Crippen molar-refractivity contribution >= 4 is 17.9 Å². The molecule has 0 aromatic carbocycles. The molecule has 0 saturated heterocycles. The molecule has 0 amide bonds. The van der Waals surface area contributed by atoms with Gasteiger partial charge in [-0.05, 0) is 51.4 Å². The fraction of sp³-hybridized carbons (Fsp3) is 0.877. The summed E-state index contributed by atoms with van der Waals surface area (Å²) in [4.78, 5) is 37.4. The molecule has 0 spiro atoms. The van der Waals surface area contributed by atoms with E-state index in [0.717, 1.165) is 64.2 Å². The molecule has 0 saturated carbocycles. The number of carbonyl (C=O) groups is 3. The number of carbonyl (C=O) groups excluding carboxylic acids is 3. The SMILES string of the molecule is CCCCCCC/C=C\C/C=C\CCCCCCCCCCCCCCCCCCCCCCCC(=O)OCC(COC(=O)CCCCCCCC)OC(=O)CCCCCCCC. The number of hydrogen-bond acceptors (Lipinski definition) is 6. The molecule has 63 heavy (non-hydrogen) atoms. The molecule has 0 aromatic heterocycles. The van der Waals surface area contributed by atoms with E-state index in [4.69, 9.17) is 14.2 Å². The van der Waals surface area contributed by atoms with Gasteiger partial charge in [0.25, 0.3) is 0 Å². The second-order valence-electron chi connectivity index (χ2n) is 18.9. The van der Waals surface area contributed by atoms with Crippen LogP contribution in [0.4, 0.5) is 0 Å². The van der Waals surface area contributed by atoms with Crippen LogP contribution < -0.4 is 0 Å². The van der Waals surface area contributed by atoms with E-state index in [2.05, 4.69) is 45.1 Å². The molecular weight excluding hydrogens is 781 g/mol. The first kappa shape index (κ1) is 60.9.